The van der Waals surface area contributed by atoms with Gasteiger partial charge < -0.3 is 19.3 Å². The van der Waals surface area contributed by atoms with E-state index in [2.05, 4.69) is 20.1 Å². The van der Waals surface area contributed by atoms with Crippen molar-refractivity contribution in [1.82, 2.24) is 14.9 Å². The van der Waals surface area contributed by atoms with E-state index in [9.17, 15) is 9.59 Å². The Bertz CT molecular complexity index is 948. The zero-order valence-corrected chi connectivity index (χ0v) is 14.1. The number of methoxy groups -OCH3 is 2. The number of carbonyl (C=O) groups excluding carboxylic acids is 1. The zero-order valence-electron chi connectivity index (χ0n) is 14.1. The second-order valence-electron chi connectivity index (χ2n) is 5.22. The van der Waals surface area contributed by atoms with Crippen molar-refractivity contribution in [2.24, 2.45) is 0 Å². The Morgan fingerprint density at radius 2 is 1.96 bits per heavy atom. The van der Waals surface area contributed by atoms with E-state index in [-0.39, 0.29) is 12.4 Å². The number of anilines is 1. The molecule has 2 heterocycles. The summed E-state index contributed by atoms with van der Waals surface area (Å²) < 4.78 is 16.1. The Morgan fingerprint density at radius 3 is 2.58 bits per heavy atom. The van der Waals surface area contributed by atoms with E-state index in [1.165, 1.54) is 25.5 Å². The van der Waals surface area contributed by atoms with Gasteiger partial charge in [0.25, 0.3) is 5.56 Å². The summed E-state index contributed by atoms with van der Waals surface area (Å²) in [6, 6.07) is 9.88. The lowest BCUT2D eigenvalue weighted by atomic mass is 10.1. The summed E-state index contributed by atoms with van der Waals surface area (Å²) in [5.41, 5.74) is 0.687. The van der Waals surface area contributed by atoms with Crippen LogP contribution in [0, 0.1) is 0 Å². The summed E-state index contributed by atoms with van der Waals surface area (Å²) in [6.07, 6.45) is 1.33. The van der Waals surface area contributed by atoms with Crippen molar-refractivity contribution in [2.45, 2.75) is 6.54 Å². The summed E-state index contributed by atoms with van der Waals surface area (Å²) in [5.74, 6) is 0.799. The van der Waals surface area contributed by atoms with Crippen LogP contribution in [-0.2, 0) is 11.3 Å². The van der Waals surface area contributed by atoms with Crippen LogP contribution in [0.2, 0.25) is 0 Å². The maximum atomic E-state index is 12.2. The molecule has 0 atom stereocenters. The molecule has 3 rings (SSSR count). The SMILES string of the molecule is COc1ccc(-c2nn(CC(=O)Nc3ccon3)c(=O)cc2OC)cc1. The summed E-state index contributed by atoms with van der Waals surface area (Å²) in [5, 5.41) is 10.4. The highest BCUT2D eigenvalue weighted by molar-refractivity contribution is 5.89. The zero-order chi connectivity index (χ0) is 18.5. The lowest BCUT2D eigenvalue weighted by Crippen LogP contribution is -2.29. The van der Waals surface area contributed by atoms with Crippen LogP contribution in [0.4, 0.5) is 5.82 Å². The van der Waals surface area contributed by atoms with Gasteiger partial charge in [0.05, 0.1) is 14.2 Å². The van der Waals surface area contributed by atoms with Crippen LogP contribution in [0.15, 0.2) is 52.0 Å². The number of aromatic nitrogens is 3. The van der Waals surface area contributed by atoms with Crippen molar-refractivity contribution < 1.29 is 18.8 Å². The summed E-state index contributed by atoms with van der Waals surface area (Å²) in [4.78, 5) is 24.3. The average Bonchev–Trinajstić information content (AvgIpc) is 3.16. The van der Waals surface area contributed by atoms with Gasteiger partial charge in [0.2, 0.25) is 5.91 Å². The fourth-order valence-electron chi connectivity index (χ4n) is 2.29. The van der Waals surface area contributed by atoms with E-state index >= 15 is 0 Å². The molecule has 0 radical (unpaired) electrons. The summed E-state index contributed by atoms with van der Waals surface area (Å²) in [7, 11) is 3.02. The molecule has 0 aliphatic carbocycles. The third kappa shape index (κ3) is 3.72. The number of hydrogen-bond acceptors (Lipinski definition) is 7. The third-order valence-corrected chi connectivity index (χ3v) is 3.55. The quantitative estimate of drug-likeness (QED) is 0.714. The molecule has 0 aliphatic heterocycles. The number of carbonyl (C=O) groups is 1. The number of hydrogen-bond donors (Lipinski definition) is 1. The summed E-state index contributed by atoms with van der Waals surface area (Å²) in [6.45, 7) is -0.279. The van der Waals surface area contributed by atoms with E-state index in [0.29, 0.717) is 22.8 Å². The smallest absolute Gasteiger partial charge is 0.270 e. The van der Waals surface area contributed by atoms with Crippen LogP contribution < -0.4 is 20.3 Å². The standard InChI is InChI=1S/C17H16N4O5/c1-24-12-5-3-11(4-6-12)17-13(25-2)9-16(23)21(19-17)10-15(22)18-14-7-8-26-20-14/h3-9H,10H2,1-2H3,(H,18,20,22). The topological polar surface area (TPSA) is 108 Å². The van der Waals surface area contributed by atoms with E-state index < -0.39 is 11.5 Å². The average molecular weight is 356 g/mol. The molecule has 1 aromatic carbocycles. The first-order valence-electron chi connectivity index (χ1n) is 7.61. The molecule has 0 spiro atoms. The molecular formula is C17H16N4O5. The monoisotopic (exact) mass is 356 g/mol. The molecule has 134 valence electrons. The molecular weight excluding hydrogens is 340 g/mol. The molecule has 3 aromatic rings. The molecule has 1 amide bonds. The lowest BCUT2D eigenvalue weighted by Gasteiger charge is -2.11. The molecule has 0 saturated carbocycles. The van der Waals surface area contributed by atoms with Gasteiger partial charge in [0.15, 0.2) is 11.6 Å². The number of nitrogens with one attached hydrogen (secondary N) is 1. The molecule has 0 saturated heterocycles. The maximum absolute atomic E-state index is 12.2. The Kier molecular flexibility index (Phi) is 4.97. The molecule has 0 fully saturated rings. The second kappa shape index (κ2) is 7.51. The van der Waals surface area contributed by atoms with Gasteiger partial charge in [-0.1, -0.05) is 5.16 Å². The minimum absolute atomic E-state index is 0.256. The van der Waals surface area contributed by atoms with Crippen LogP contribution in [0.25, 0.3) is 11.3 Å². The first-order chi connectivity index (χ1) is 12.6. The lowest BCUT2D eigenvalue weighted by molar-refractivity contribution is -0.117. The number of nitrogens with zero attached hydrogens (tertiary/aromatic N) is 3. The Morgan fingerprint density at radius 1 is 1.19 bits per heavy atom. The fourth-order valence-corrected chi connectivity index (χ4v) is 2.29. The molecule has 26 heavy (non-hydrogen) atoms. The summed E-state index contributed by atoms with van der Waals surface area (Å²) >= 11 is 0. The molecule has 9 heteroatoms. The molecule has 1 N–H and O–H groups in total. The highest BCUT2D eigenvalue weighted by Crippen LogP contribution is 2.27. The van der Waals surface area contributed by atoms with Gasteiger partial charge in [-0.05, 0) is 24.3 Å². The minimum Gasteiger partial charge on any atom is -0.497 e. The largest absolute Gasteiger partial charge is 0.497 e. The number of ether oxygens (including phenoxy) is 2. The van der Waals surface area contributed by atoms with Crippen LogP contribution in [0.1, 0.15) is 0 Å². The Labute approximate surface area is 148 Å². The minimum atomic E-state index is -0.464. The van der Waals surface area contributed by atoms with E-state index in [1.807, 2.05) is 0 Å². The number of rotatable bonds is 6. The van der Waals surface area contributed by atoms with Crippen molar-refractivity contribution in [3.63, 3.8) is 0 Å². The van der Waals surface area contributed by atoms with Crippen LogP contribution in [0.5, 0.6) is 11.5 Å². The molecule has 0 bridgehead atoms. The first kappa shape index (κ1) is 17.2. The van der Waals surface area contributed by atoms with Gasteiger partial charge >= 0.3 is 0 Å². The molecule has 0 unspecified atom stereocenters. The van der Waals surface area contributed by atoms with E-state index in [0.717, 1.165) is 4.68 Å². The van der Waals surface area contributed by atoms with Crippen LogP contribution >= 0.6 is 0 Å². The van der Waals surface area contributed by atoms with Crippen LogP contribution in [-0.4, -0.2) is 35.1 Å². The predicted octanol–water partition coefficient (Wildman–Crippen LogP) is 1.55. The third-order valence-electron chi connectivity index (χ3n) is 3.55. The fraction of sp³-hybridized carbons (Fsp3) is 0.176. The van der Waals surface area contributed by atoms with Gasteiger partial charge in [-0.3, -0.25) is 9.59 Å². The first-order valence-corrected chi connectivity index (χ1v) is 7.61. The van der Waals surface area contributed by atoms with Gasteiger partial charge in [-0.25, -0.2) is 4.68 Å². The Hall–Kier alpha value is -3.62. The van der Waals surface area contributed by atoms with Crippen molar-refractivity contribution in [1.29, 1.82) is 0 Å². The number of amides is 1. The molecule has 9 nitrogen and oxygen atoms in total. The van der Waals surface area contributed by atoms with Crippen molar-refractivity contribution >= 4 is 11.7 Å². The van der Waals surface area contributed by atoms with E-state index in [1.54, 1.807) is 31.4 Å². The van der Waals surface area contributed by atoms with Crippen molar-refractivity contribution in [2.75, 3.05) is 19.5 Å². The predicted molar refractivity (Wildman–Crippen MR) is 92.2 cm³/mol. The van der Waals surface area contributed by atoms with Gasteiger partial charge in [0.1, 0.15) is 24.3 Å². The second-order valence-corrected chi connectivity index (χ2v) is 5.22. The normalized spacial score (nSPS) is 10.4. The Balaban J connectivity index is 1.90. The van der Waals surface area contributed by atoms with Crippen molar-refractivity contribution in [3.8, 4) is 22.8 Å². The van der Waals surface area contributed by atoms with Crippen LogP contribution in [0.3, 0.4) is 0 Å². The van der Waals surface area contributed by atoms with Gasteiger partial charge in [-0.2, -0.15) is 5.10 Å². The van der Waals surface area contributed by atoms with Crippen molar-refractivity contribution in [3.05, 3.63) is 53.0 Å². The highest BCUT2D eigenvalue weighted by Gasteiger charge is 2.14. The van der Waals surface area contributed by atoms with Gasteiger partial charge in [0, 0.05) is 17.7 Å². The molecule has 2 aromatic heterocycles. The maximum Gasteiger partial charge on any atom is 0.270 e. The number of benzene rings is 1. The molecule has 0 aliphatic rings. The van der Waals surface area contributed by atoms with Gasteiger partial charge in [-0.15, -0.1) is 0 Å². The highest BCUT2D eigenvalue weighted by atomic mass is 16.5. The van der Waals surface area contributed by atoms with E-state index in [4.69, 9.17) is 9.47 Å².